The second-order valence-corrected chi connectivity index (χ2v) is 6.28. The Balaban J connectivity index is 2.63. The molecular weight excluding hydrogens is 276 g/mol. The average molecular weight is 296 g/mol. The summed E-state index contributed by atoms with van der Waals surface area (Å²) in [7, 11) is 3.25. The van der Waals surface area contributed by atoms with Gasteiger partial charge in [-0.2, -0.15) is 5.26 Å². The number of benzene rings is 1. The van der Waals surface area contributed by atoms with Gasteiger partial charge in [-0.25, -0.2) is 4.79 Å². The van der Waals surface area contributed by atoms with Crippen molar-refractivity contribution in [2.24, 2.45) is 7.05 Å². The number of carbonyl (C=O) groups is 1. The molecule has 1 aromatic carbocycles. The molecule has 2 rings (SSSR count). The predicted octanol–water partition coefficient (Wildman–Crippen LogP) is 3.65. The molecule has 0 saturated carbocycles. The van der Waals surface area contributed by atoms with E-state index in [9.17, 15) is 4.79 Å². The first kappa shape index (κ1) is 15.8. The Kier molecular flexibility index (Phi) is 4.09. The first-order valence-corrected chi connectivity index (χ1v) is 7.08. The smallest absolute Gasteiger partial charge is 0.338 e. The van der Waals surface area contributed by atoms with Crippen LogP contribution in [0.2, 0.25) is 0 Å². The fraction of sp³-hybridized carbons (Fsp3) is 0.333. The topological polar surface area (TPSA) is 55.0 Å². The van der Waals surface area contributed by atoms with Crippen LogP contribution in [0.3, 0.4) is 0 Å². The van der Waals surface area contributed by atoms with Crippen molar-refractivity contribution in [1.29, 1.82) is 5.26 Å². The second kappa shape index (κ2) is 5.69. The van der Waals surface area contributed by atoms with Crippen molar-refractivity contribution in [1.82, 2.24) is 4.57 Å². The number of esters is 1. The van der Waals surface area contributed by atoms with E-state index in [2.05, 4.69) is 26.8 Å². The van der Waals surface area contributed by atoms with Crippen molar-refractivity contribution < 1.29 is 9.53 Å². The van der Waals surface area contributed by atoms with Crippen LogP contribution in [-0.2, 0) is 17.2 Å². The number of hydrogen-bond donors (Lipinski definition) is 0. The van der Waals surface area contributed by atoms with Gasteiger partial charge in [0, 0.05) is 12.7 Å². The molecule has 0 fully saturated rings. The minimum absolute atomic E-state index is 0.192. The summed E-state index contributed by atoms with van der Waals surface area (Å²) >= 11 is 0. The highest BCUT2D eigenvalue weighted by atomic mass is 16.5. The van der Waals surface area contributed by atoms with Gasteiger partial charge in [0.2, 0.25) is 0 Å². The SMILES string of the molecule is COC(=O)c1ccc(-c2ccc(C#N)n2C)cc1C(C)(C)C. The molecular formula is C18H20N2O2. The lowest BCUT2D eigenvalue weighted by atomic mass is 9.82. The van der Waals surface area contributed by atoms with Gasteiger partial charge in [0.05, 0.1) is 12.7 Å². The monoisotopic (exact) mass is 296 g/mol. The van der Waals surface area contributed by atoms with E-state index in [0.717, 1.165) is 16.8 Å². The molecule has 0 bridgehead atoms. The highest BCUT2D eigenvalue weighted by molar-refractivity contribution is 5.92. The second-order valence-electron chi connectivity index (χ2n) is 6.28. The molecule has 0 aliphatic rings. The standard InChI is InChI=1S/C18H20N2O2/c1-18(2,3)15-10-12(6-8-14(15)17(21)22-5)16-9-7-13(11-19)20(16)4/h6-10H,1-5H3. The van der Waals surface area contributed by atoms with Gasteiger partial charge in [-0.1, -0.05) is 26.8 Å². The van der Waals surface area contributed by atoms with Crippen molar-refractivity contribution in [2.75, 3.05) is 7.11 Å². The van der Waals surface area contributed by atoms with Gasteiger partial charge in [-0.3, -0.25) is 0 Å². The number of methoxy groups -OCH3 is 1. The lowest BCUT2D eigenvalue weighted by molar-refractivity contribution is 0.0598. The Hall–Kier alpha value is -2.54. The lowest BCUT2D eigenvalue weighted by Crippen LogP contribution is -2.18. The first-order valence-electron chi connectivity index (χ1n) is 7.08. The summed E-state index contributed by atoms with van der Waals surface area (Å²) in [5.74, 6) is -0.332. The van der Waals surface area contributed by atoms with Gasteiger partial charge in [-0.15, -0.1) is 0 Å². The molecule has 114 valence electrons. The summed E-state index contributed by atoms with van der Waals surface area (Å²) in [6.45, 7) is 6.18. The van der Waals surface area contributed by atoms with Crippen LogP contribution in [0.4, 0.5) is 0 Å². The number of rotatable bonds is 2. The fourth-order valence-corrected chi connectivity index (χ4v) is 2.53. The molecule has 0 amide bonds. The fourth-order valence-electron chi connectivity index (χ4n) is 2.53. The zero-order valence-electron chi connectivity index (χ0n) is 13.6. The number of nitriles is 1. The molecule has 2 aromatic rings. The van der Waals surface area contributed by atoms with E-state index in [0.29, 0.717) is 11.3 Å². The molecule has 22 heavy (non-hydrogen) atoms. The van der Waals surface area contributed by atoms with Crippen molar-refractivity contribution in [3.63, 3.8) is 0 Å². The third-order valence-corrected chi connectivity index (χ3v) is 3.76. The quantitative estimate of drug-likeness (QED) is 0.795. The van der Waals surface area contributed by atoms with Crippen LogP contribution in [-0.4, -0.2) is 17.6 Å². The number of aromatic nitrogens is 1. The van der Waals surface area contributed by atoms with Crippen LogP contribution in [0, 0.1) is 11.3 Å². The van der Waals surface area contributed by atoms with Gasteiger partial charge < -0.3 is 9.30 Å². The Morgan fingerprint density at radius 3 is 2.41 bits per heavy atom. The van der Waals surface area contributed by atoms with Crippen LogP contribution in [0.25, 0.3) is 11.3 Å². The molecule has 0 aliphatic carbocycles. The molecule has 0 N–H and O–H groups in total. The van der Waals surface area contributed by atoms with Gasteiger partial charge in [0.25, 0.3) is 0 Å². The van der Waals surface area contributed by atoms with Crippen LogP contribution >= 0.6 is 0 Å². The number of hydrogen-bond acceptors (Lipinski definition) is 3. The average Bonchev–Trinajstić information content (AvgIpc) is 2.85. The predicted molar refractivity (Wildman–Crippen MR) is 85.6 cm³/mol. The van der Waals surface area contributed by atoms with E-state index in [-0.39, 0.29) is 11.4 Å². The zero-order valence-corrected chi connectivity index (χ0v) is 13.6. The van der Waals surface area contributed by atoms with Crippen molar-refractivity contribution in [3.8, 4) is 17.3 Å². The van der Waals surface area contributed by atoms with Crippen molar-refractivity contribution in [3.05, 3.63) is 47.2 Å². The molecule has 1 heterocycles. The van der Waals surface area contributed by atoms with E-state index >= 15 is 0 Å². The van der Waals surface area contributed by atoms with Gasteiger partial charge in [0.15, 0.2) is 0 Å². The van der Waals surface area contributed by atoms with Gasteiger partial charge >= 0.3 is 5.97 Å². The van der Waals surface area contributed by atoms with Crippen LogP contribution < -0.4 is 0 Å². The summed E-state index contributed by atoms with van der Waals surface area (Å²) in [6.07, 6.45) is 0. The zero-order chi connectivity index (χ0) is 16.5. The minimum atomic E-state index is -0.332. The van der Waals surface area contributed by atoms with E-state index in [1.165, 1.54) is 7.11 Å². The molecule has 4 nitrogen and oxygen atoms in total. The van der Waals surface area contributed by atoms with Crippen LogP contribution in [0.1, 0.15) is 42.4 Å². The largest absolute Gasteiger partial charge is 0.465 e. The third kappa shape index (κ3) is 2.75. The Labute approximate surface area is 130 Å². The normalized spacial score (nSPS) is 11.1. The van der Waals surface area contributed by atoms with E-state index in [1.807, 2.05) is 29.8 Å². The molecule has 0 aliphatic heterocycles. The number of ether oxygens (including phenoxy) is 1. The number of nitrogens with zero attached hydrogens (tertiary/aromatic N) is 2. The van der Waals surface area contributed by atoms with E-state index in [1.54, 1.807) is 12.1 Å². The number of carbonyl (C=O) groups excluding carboxylic acids is 1. The summed E-state index contributed by atoms with van der Waals surface area (Å²) in [5, 5.41) is 9.08. The maximum atomic E-state index is 12.0. The molecule has 0 unspecified atom stereocenters. The lowest BCUT2D eigenvalue weighted by Gasteiger charge is -2.23. The van der Waals surface area contributed by atoms with E-state index in [4.69, 9.17) is 10.00 Å². The van der Waals surface area contributed by atoms with Crippen molar-refractivity contribution >= 4 is 5.97 Å². The summed E-state index contributed by atoms with van der Waals surface area (Å²) < 4.78 is 6.72. The highest BCUT2D eigenvalue weighted by Crippen LogP contribution is 2.31. The Bertz CT molecular complexity index is 758. The molecule has 4 heteroatoms. The highest BCUT2D eigenvalue weighted by Gasteiger charge is 2.23. The molecule has 0 radical (unpaired) electrons. The molecule has 0 saturated heterocycles. The van der Waals surface area contributed by atoms with Crippen LogP contribution in [0.5, 0.6) is 0 Å². The Morgan fingerprint density at radius 1 is 1.23 bits per heavy atom. The molecule has 0 atom stereocenters. The Morgan fingerprint density at radius 2 is 1.91 bits per heavy atom. The maximum absolute atomic E-state index is 12.0. The molecule has 1 aromatic heterocycles. The van der Waals surface area contributed by atoms with E-state index < -0.39 is 0 Å². The third-order valence-electron chi connectivity index (χ3n) is 3.76. The summed E-state index contributed by atoms with van der Waals surface area (Å²) in [4.78, 5) is 12.0. The maximum Gasteiger partial charge on any atom is 0.338 e. The molecule has 0 spiro atoms. The van der Waals surface area contributed by atoms with Crippen molar-refractivity contribution in [2.45, 2.75) is 26.2 Å². The van der Waals surface area contributed by atoms with Gasteiger partial charge in [-0.05, 0) is 40.8 Å². The minimum Gasteiger partial charge on any atom is -0.465 e. The summed E-state index contributed by atoms with van der Waals surface area (Å²) in [6, 6.07) is 11.5. The van der Waals surface area contributed by atoms with Crippen LogP contribution in [0.15, 0.2) is 30.3 Å². The first-order chi connectivity index (χ1) is 10.3. The summed E-state index contributed by atoms with van der Waals surface area (Å²) in [5.41, 5.74) is 3.83. The van der Waals surface area contributed by atoms with Gasteiger partial charge in [0.1, 0.15) is 11.8 Å².